The Morgan fingerprint density at radius 2 is 2.12 bits per heavy atom. The van der Waals surface area contributed by atoms with E-state index in [1.807, 2.05) is 32.0 Å². The Bertz CT molecular complexity index is 371. The highest BCUT2D eigenvalue weighted by Crippen LogP contribution is 2.22. The zero-order valence-corrected chi connectivity index (χ0v) is 10.6. The number of fused-ring (bicyclic) bond motifs is 1. The van der Waals surface area contributed by atoms with Crippen LogP contribution in [0.5, 0.6) is 5.75 Å². The van der Waals surface area contributed by atoms with Crippen LogP contribution in [0.3, 0.4) is 0 Å². The molecule has 1 N–H and O–H groups in total. The van der Waals surface area contributed by atoms with Gasteiger partial charge in [0.1, 0.15) is 12.4 Å². The Morgan fingerprint density at radius 3 is 2.88 bits per heavy atom. The van der Waals surface area contributed by atoms with Gasteiger partial charge in [-0.3, -0.25) is 4.90 Å². The normalized spacial score (nSPS) is 17.1. The Balaban J connectivity index is 1.98. The van der Waals surface area contributed by atoms with E-state index in [1.54, 1.807) is 0 Å². The largest absolute Gasteiger partial charge is 0.492 e. The molecule has 17 heavy (non-hydrogen) atoms. The van der Waals surface area contributed by atoms with Gasteiger partial charge >= 0.3 is 0 Å². The van der Waals surface area contributed by atoms with Gasteiger partial charge in [-0.15, -0.1) is 0 Å². The van der Waals surface area contributed by atoms with E-state index in [9.17, 15) is 5.11 Å². The number of hydrogen-bond donors (Lipinski definition) is 1. The second kappa shape index (κ2) is 5.07. The number of rotatable bonds is 3. The minimum absolute atomic E-state index is 0.591. The molecule has 0 saturated carbocycles. The summed E-state index contributed by atoms with van der Waals surface area (Å²) < 4.78 is 5.71. The van der Waals surface area contributed by atoms with E-state index < -0.39 is 5.60 Å². The van der Waals surface area contributed by atoms with Gasteiger partial charge in [0.2, 0.25) is 0 Å². The van der Waals surface area contributed by atoms with Crippen molar-refractivity contribution in [3.63, 3.8) is 0 Å². The maximum absolute atomic E-state index is 9.76. The third kappa shape index (κ3) is 3.72. The standard InChI is InChI=1S/C14H21NO2/c1-14(2,16)7-8-15-9-10-17-13-6-4-3-5-12(13)11-15/h3-6,16H,7-11H2,1-2H3. The first-order valence-electron chi connectivity index (χ1n) is 6.20. The Morgan fingerprint density at radius 1 is 1.35 bits per heavy atom. The molecule has 0 aliphatic carbocycles. The zero-order valence-electron chi connectivity index (χ0n) is 10.6. The van der Waals surface area contributed by atoms with Gasteiger partial charge in [-0.25, -0.2) is 0 Å². The van der Waals surface area contributed by atoms with Crippen LogP contribution < -0.4 is 4.74 Å². The second-order valence-electron chi connectivity index (χ2n) is 5.29. The fourth-order valence-electron chi connectivity index (χ4n) is 2.00. The average molecular weight is 235 g/mol. The van der Waals surface area contributed by atoms with Crippen molar-refractivity contribution in [1.82, 2.24) is 4.90 Å². The molecule has 0 bridgehead atoms. The van der Waals surface area contributed by atoms with E-state index >= 15 is 0 Å². The van der Waals surface area contributed by atoms with Crippen molar-refractivity contribution in [1.29, 1.82) is 0 Å². The van der Waals surface area contributed by atoms with Crippen LogP contribution in [0.4, 0.5) is 0 Å². The molecule has 3 nitrogen and oxygen atoms in total. The number of ether oxygens (including phenoxy) is 1. The zero-order chi connectivity index (χ0) is 12.3. The summed E-state index contributed by atoms with van der Waals surface area (Å²) in [6.45, 7) is 7.17. The van der Waals surface area contributed by atoms with E-state index in [1.165, 1.54) is 5.56 Å². The highest BCUT2D eigenvalue weighted by atomic mass is 16.5. The van der Waals surface area contributed by atoms with Gasteiger partial charge in [-0.2, -0.15) is 0 Å². The third-order valence-corrected chi connectivity index (χ3v) is 3.07. The lowest BCUT2D eigenvalue weighted by atomic mass is 10.1. The molecule has 0 radical (unpaired) electrons. The lowest BCUT2D eigenvalue weighted by molar-refractivity contribution is 0.0557. The van der Waals surface area contributed by atoms with Crippen LogP contribution in [0.2, 0.25) is 0 Å². The van der Waals surface area contributed by atoms with E-state index in [0.29, 0.717) is 0 Å². The molecule has 0 aromatic heterocycles. The van der Waals surface area contributed by atoms with Crippen LogP contribution in [-0.4, -0.2) is 35.3 Å². The smallest absolute Gasteiger partial charge is 0.123 e. The molecular weight excluding hydrogens is 214 g/mol. The fourth-order valence-corrected chi connectivity index (χ4v) is 2.00. The van der Waals surface area contributed by atoms with E-state index in [-0.39, 0.29) is 0 Å². The number of hydrogen-bond acceptors (Lipinski definition) is 3. The number of nitrogens with zero attached hydrogens (tertiary/aromatic N) is 1. The second-order valence-corrected chi connectivity index (χ2v) is 5.29. The van der Waals surface area contributed by atoms with Gasteiger partial charge < -0.3 is 9.84 Å². The molecule has 1 aromatic carbocycles. The van der Waals surface area contributed by atoms with Gasteiger partial charge in [0.25, 0.3) is 0 Å². The summed E-state index contributed by atoms with van der Waals surface area (Å²) in [6, 6.07) is 8.18. The minimum Gasteiger partial charge on any atom is -0.492 e. The van der Waals surface area contributed by atoms with Gasteiger partial charge in [-0.05, 0) is 26.3 Å². The molecule has 1 heterocycles. The fraction of sp³-hybridized carbons (Fsp3) is 0.571. The first-order chi connectivity index (χ1) is 8.04. The van der Waals surface area contributed by atoms with Gasteiger partial charge in [0, 0.05) is 25.2 Å². The van der Waals surface area contributed by atoms with Crippen LogP contribution in [0.25, 0.3) is 0 Å². The molecule has 0 atom stereocenters. The SMILES string of the molecule is CC(C)(O)CCN1CCOc2ccccc2C1. The maximum atomic E-state index is 9.76. The number of benzene rings is 1. The molecule has 0 unspecified atom stereocenters. The average Bonchev–Trinajstić information content (AvgIpc) is 2.47. The van der Waals surface area contributed by atoms with Crippen molar-refractivity contribution in [2.75, 3.05) is 19.7 Å². The Hall–Kier alpha value is -1.06. The van der Waals surface area contributed by atoms with Gasteiger partial charge in [0.05, 0.1) is 5.60 Å². The third-order valence-electron chi connectivity index (χ3n) is 3.07. The summed E-state index contributed by atoms with van der Waals surface area (Å²) in [5, 5.41) is 9.76. The van der Waals surface area contributed by atoms with Crippen molar-refractivity contribution >= 4 is 0 Å². The highest BCUT2D eigenvalue weighted by Gasteiger charge is 2.18. The van der Waals surface area contributed by atoms with Crippen molar-refractivity contribution in [2.24, 2.45) is 0 Å². The summed E-state index contributed by atoms with van der Waals surface area (Å²) >= 11 is 0. The van der Waals surface area contributed by atoms with E-state index in [0.717, 1.165) is 38.4 Å². The summed E-state index contributed by atoms with van der Waals surface area (Å²) in [6.07, 6.45) is 0.787. The van der Waals surface area contributed by atoms with E-state index in [4.69, 9.17) is 4.74 Å². The predicted octanol–water partition coefficient (Wildman–Crippen LogP) is 2.04. The first kappa shape index (κ1) is 12.4. The summed E-state index contributed by atoms with van der Waals surface area (Å²) in [4.78, 5) is 2.34. The molecule has 3 heteroatoms. The van der Waals surface area contributed by atoms with Crippen molar-refractivity contribution in [3.05, 3.63) is 29.8 Å². The quantitative estimate of drug-likeness (QED) is 0.870. The molecule has 2 rings (SSSR count). The number of para-hydroxylation sites is 1. The highest BCUT2D eigenvalue weighted by molar-refractivity contribution is 5.33. The minimum atomic E-state index is -0.591. The van der Waals surface area contributed by atoms with Crippen molar-refractivity contribution in [2.45, 2.75) is 32.4 Å². The lowest BCUT2D eigenvalue weighted by Gasteiger charge is -2.24. The van der Waals surface area contributed by atoms with Crippen LogP contribution in [0.15, 0.2) is 24.3 Å². The molecule has 1 aliphatic heterocycles. The summed E-state index contributed by atoms with van der Waals surface area (Å²) in [5.74, 6) is 0.998. The number of aliphatic hydroxyl groups is 1. The Kier molecular flexibility index (Phi) is 3.69. The monoisotopic (exact) mass is 235 g/mol. The molecule has 1 aromatic rings. The molecule has 1 aliphatic rings. The molecule has 0 fully saturated rings. The lowest BCUT2D eigenvalue weighted by Crippen LogP contribution is -2.32. The van der Waals surface area contributed by atoms with Gasteiger partial charge in [-0.1, -0.05) is 18.2 Å². The van der Waals surface area contributed by atoms with Crippen LogP contribution in [0, 0.1) is 0 Å². The summed E-state index contributed by atoms with van der Waals surface area (Å²) in [7, 11) is 0. The molecule has 94 valence electrons. The summed E-state index contributed by atoms with van der Waals surface area (Å²) in [5.41, 5.74) is 0.646. The molecular formula is C14H21NO2. The first-order valence-corrected chi connectivity index (χ1v) is 6.20. The van der Waals surface area contributed by atoms with Crippen molar-refractivity contribution in [3.8, 4) is 5.75 Å². The van der Waals surface area contributed by atoms with Crippen LogP contribution in [-0.2, 0) is 6.54 Å². The maximum Gasteiger partial charge on any atom is 0.123 e. The van der Waals surface area contributed by atoms with Crippen molar-refractivity contribution < 1.29 is 9.84 Å². The Labute approximate surface area is 103 Å². The predicted molar refractivity (Wildman–Crippen MR) is 68.1 cm³/mol. The van der Waals surface area contributed by atoms with Gasteiger partial charge in [0.15, 0.2) is 0 Å². The molecule has 0 saturated heterocycles. The molecule has 0 amide bonds. The topological polar surface area (TPSA) is 32.7 Å². The molecule has 0 spiro atoms. The van der Waals surface area contributed by atoms with E-state index in [2.05, 4.69) is 11.0 Å². The van der Waals surface area contributed by atoms with Crippen LogP contribution in [0.1, 0.15) is 25.8 Å². The van der Waals surface area contributed by atoms with Crippen LogP contribution >= 0.6 is 0 Å².